The summed E-state index contributed by atoms with van der Waals surface area (Å²) in [5, 5.41) is 0. The number of hydrogen-bond acceptors (Lipinski definition) is 3. The third kappa shape index (κ3) is 3.73. The minimum absolute atomic E-state index is 0.647. The van der Waals surface area contributed by atoms with Crippen LogP contribution in [-0.4, -0.2) is 13.7 Å². The van der Waals surface area contributed by atoms with Crippen molar-refractivity contribution in [2.75, 3.05) is 19.5 Å². The molecule has 2 rings (SSSR count). The summed E-state index contributed by atoms with van der Waals surface area (Å²) in [6.45, 7) is 2.74. The molecular formula is C16H19NO2. The summed E-state index contributed by atoms with van der Waals surface area (Å²) in [4.78, 5) is 0. The van der Waals surface area contributed by atoms with Gasteiger partial charge in [0, 0.05) is 7.11 Å². The topological polar surface area (TPSA) is 44.5 Å². The van der Waals surface area contributed by atoms with Gasteiger partial charge in [0.25, 0.3) is 0 Å². The maximum Gasteiger partial charge on any atom is 0.150 e. The molecule has 2 aromatic carbocycles. The molecule has 3 nitrogen and oxygen atoms in total. The van der Waals surface area contributed by atoms with Crippen LogP contribution in [0.4, 0.5) is 5.69 Å². The molecule has 0 aliphatic heterocycles. The second kappa shape index (κ2) is 6.25. The van der Waals surface area contributed by atoms with Gasteiger partial charge in [-0.25, -0.2) is 0 Å². The molecule has 0 aliphatic rings. The van der Waals surface area contributed by atoms with Crippen LogP contribution >= 0.6 is 0 Å². The molecule has 2 N–H and O–H groups in total. The van der Waals surface area contributed by atoms with Gasteiger partial charge in [0.1, 0.15) is 5.75 Å². The average Bonchev–Trinajstić information content (AvgIpc) is 2.42. The third-order valence-electron chi connectivity index (χ3n) is 2.92. The molecule has 0 aliphatic carbocycles. The van der Waals surface area contributed by atoms with E-state index in [-0.39, 0.29) is 0 Å². The Balaban J connectivity index is 2.08. The zero-order valence-corrected chi connectivity index (χ0v) is 11.3. The predicted octanol–water partition coefficient (Wildman–Crippen LogP) is 3.56. The number of methoxy groups -OCH3 is 1. The highest BCUT2D eigenvalue weighted by Crippen LogP contribution is 2.28. The van der Waals surface area contributed by atoms with Crippen molar-refractivity contribution in [3.8, 4) is 11.5 Å². The summed E-state index contributed by atoms with van der Waals surface area (Å²) in [7, 11) is 1.71. The SMILES string of the molecule is COCCc1ccc(Oc2cc(C)ccc2N)cc1. The first-order chi connectivity index (χ1) is 9.19. The summed E-state index contributed by atoms with van der Waals surface area (Å²) in [5.41, 5.74) is 8.89. The van der Waals surface area contributed by atoms with Gasteiger partial charge in [-0.05, 0) is 48.7 Å². The van der Waals surface area contributed by atoms with Crippen molar-refractivity contribution < 1.29 is 9.47 Å². The highest BCUT2D eigenvalue weighted by Gasteiger charge is 2.02. The van der Waals surface area contributed by atoms with Crippen molar-refractivity contribution in [2.24, 2.45) is 0 Å². The molecule has 19 heavy (non-hydrogen) atoms. The lowest BCUT2D eigenvalue weighted by Gasteiger charge is -2.10. The van der Waals surface area contributed by atoms with Crippen LogP contribution in [-0.2, 0) is 11.2 Å². The zero-order valence-electron chi connectivity index (χ0n) is 11.3. The van der Waals surface area contributed by atoms with E-state index in [9.17, 15) is 0 Å². The van der Waals surface area contributed by atoms with Gasteiger partial charge < -0.3 is 15.2 Å². The lowest BCUT2D eigenvalue weighted by molar-refractivity contribution is 0.202. The first kappa shape index (κ1) is 13.4. The maximum absolute atomic E-state index is 5.89. The normalized spacial score (nSPS) is 10.4. The standard InChI is InChI=1S/C16H19NO2/c1-12-3-8-15(17)16(11-12)19-14-6-4-13(5-7-14)9-10-18-2/h3-8,11H,9-10,17H2,1-2H3. The van der Waals surface area contributed by atoms with Crippen LogP contribution in [0.5, 0.6) is 11.5 Å². The van der Waals surface area contributed by atoms with Crippen LogP contribution in [0.1, 0.15) is 11.1 Å². The highest BCUT2D eigenvalue weighted by molar-refractivity contribution is 5.55. The molecule has 0 spiro atoms. The Morgan fingerprint density at radius 2 is 1.79 bits per heavy atom. The van der Waals surface area contributed by atoms with E-state index in [1.807, 2.05) is 49.4 Å². The van der Waals surface area contributed by atoms with Crippen molar-refractivity contribution in [1.29, 1.82) is 0 Å². The molecule has 0 atom stereocenters. The smallest absolute Gasteiger partial charge is 0.150 e. The predicted molar refractivity (Wildman–Crippen MR) is 77.7 cm³/mol. The van der Waals surface area contributed by atoms with Gasteiger partial charge in [-0.2, -0.15) is 0 Å². The Morgan fingerprint density at radius 3 is 2.47 bits per heavy atom. The number of anilines is 1. The molecule has 2 aromatic rings. The fourth-order valence-electron chi connectivity index (χ4n) is 1.80. The van der Waals surface area contributed by atoms with Gasteiger partial charge >= 0.3 is 0 Å². The zero-order chi connectivity index (χ0) is 13.7. The van der Waals surface area contributed by atoms with E-state index in [1.165, 1.54) is 5.56 Å². The molecule has 0 radical (unpaired) electrons. The minimum atomic E-state index is 0.647. The van der Waals surface area contributed by atoms with Crippen molar-refractivity contribution >= 4 is 5.69 Å². The molecule has 0 saturated heterocycles. The second-order valence-corrected chi connectivity index (χ2v) is 4.53. The van der Waals surface area contributed by atoms with Gasteiger partial charge in [-0.1, -0.05) is 18.2 Å². The first-order valence-electron chi connectivity index (χ1n) is 6.31. The summed E-state index contributed by atoms with van der Waals surface area (Å²) >= 11 is 0. The number of rotatable bonds is 5. The number of benzene rings is 2. The van der Waals surface area contributed by atoms with Gasteiger partial charge in [0.15, 0.2) is 5.75 Å². The summed E-state index contributed by atoms with van der Waals surface area (Å²) < 4.78 is 10.8. The van der Waals surface area contributed by atoms with Crippen LogP contribution in [0.3, 0.4) is 0 Å². The molecule has 0 amide bonds. The highest BCUT2D eigenvalue weighted by atomic mass is 16.5. The second-order valence-electron chi connectivity index (χ2n) is 4.53. The van der Waals surface area contributed by atoms with Crippen LogP contribution in [0.25, 0.3) is 0 Å². The quantitative estimate of drug-likeness (QED) is 0.833. The van der Waals surface area contributed by atoms with E-state index in [1.54, 1.807) is 7.11 Å². The minimum Gasteiger partial charge on any atom is -0.455 e. The Bertz CT molecular complexity index is 535. The van der Waals surface area contributed by atoms with Crippen LogP contribution in [0.15, 0.2) is 42.5 Å². The molecule has 0 unspecified atom stereocenters. The van der Waals surface area contributed by atoms with Gasteiger partial charge in [-0.15, -0.1) is 0 Å². The summed E-state index contributed by atoms with van der Waals surface area (Å²) in [6.07, 6.45) is 0.906. The largest absolute Gasteiger partial charge is 0.455 e. The molecule has 0 bridgehead atoms. The Morgan fingerprint density at radius 1 is 1.05 bits per heavy atom. The molecular weight excluding hydrogens is 238 g/mol. The van der Waals surface area contributed by atoms with E-state index >= 15 is 0 Å². The van der Waals surface area contributed by atoms with Crippen LogP contribution in [0.2, 0.25) is 0 Å². The molecule has 0 aromatic heterocycles. The number of ether oxygens (including phenoxy) is 2. The van der Waals surface area contributed by atoms with Crippen LogP contribution < -0.4 is 10.5 Å². The molecule has 0 fully saturated rings. The van der Waals surface area contributed by atoms with Crippen molar-refractivity contribution in [2.45, 2.75) is 13.3 Å². The molecule has 100 valence electrons. The number of nitrogen functional groups attached to an aromatic ring is 1. The Kier molecular flexibility index (Phi) is 4.42. The lowest BCUT2D eigenvalue weighted by Crippen LogP contribution is -1.95. The van der Waals surface area contributed by atoms with E-state index in [0.717, 1.165) is 24.3 Å². The van der Waals surface area contributed by atoms with Crippen LogP contribution in [0, 0.1) is 6.92 Å². The number of aryl methyl sites for hydroxylation is 1. The van der Waals surface area contributed by atoms with E-state index < -0.39 is 0 Å². The maximum atomic E-state index is 5.89. The Hall–Kier alpha value is -2.00. The van der Waals surface area contributed by atoms with Crippen molar-refractivity contribution in [1.82, 2.24) is 0 Å². The number of hydrogen-bond donors (Lipinski definition) is 1. The molecule has 0 heterocycles. The van der Waals surface area contributed by atoms with Gasteiger partial charge in [0.2, 0.25) is 0 Å². The summed E-state index contributed by atoms with van der Waals surface area (Å²) in [6, 6.07) is 13.8. The van der Waals surface area contributed by atoms with Gasteiger partial charge in [0.05, 0.1) is 12.3 Å². The van der Waals surface area contributed by atoms with Crippen molar-refractivity contribution in [3.05, 3.63) is 53.6 Å². The van der Waals surface area contributed by atoms with E-state index in [4.69, 9.17) is 15.2 Å². The fraction of sp³-hybridized carbons (Fsp3) is 0.250. The van der Waals surface area contributed by atoms with Gasteiger partial charge in [-0.3, -0.25) is 0 Å². The summed E-state index contributed by atoms with van der Waals surface area (Å²) in [5.74, 6) is 1.49. The Labute approximate surface area is 114 Å². The first-order valence-corrected chi connectivity index (χ1v) is 6.31. The lowest BCUT2D eigenvalue weighted by atomic mass is 10.1. The van der Waals surface area contributed by atoms with Crippen molar-refractivity contribution in [3.63, 3.8) is 0 Å². The van der Waals surface area contributed by atoms with E-state index in [0.29, 0.717) is 11.4 Å². The monoisotopic (exact) mass is 257 g/mol. The molecule has 3 heteroatoms. The third-order valence-corrected chi connectivity index (χ3v) is 2.92. The van der Waals surface area contributed by atoms with E-state index in [2.05, 4.69) is 0 Å². The average molecular weight is 257 g/mol. The fourth-order valence-corrected chi connectivity index (χ4v) is 1.80. The molecule has 0 saturated carbocycles. The number of nitrogens with two attached hydrogens (primary N) is 1.